The number of rotatable bonds is 6. The van der Waals surface area contributed by atoms with Gasteiger partial charge in [0.15, 0.2) is 6.61 Å². The molecule has 0 fully saturated rings. The Balaban J connectivity index is 2.02. The van der Waals surface area contributed by atoms with Gasteiger partial charge in [0, 0.05) is 18.3 Å². The third-order valence-corrected chi connectivity index (χ3v) is 3.36. The quantitative estimate of drug-likeness (QED) is 0.526. The molecule has 0 heterocycles. The molecular formula is C18H18FN3O5. The Bertz CT molecular complexity index is 885. The maximum atomic E-state index is 13.0. The summed E-state index contributed by atoms with van der Waals surface area (Å²) in [5.41, 5.74) is 6.15. The molecule has 8 nitrogen and oxygen atoms in total. The second-order valence-corrected chi connectivity index (χ2v) is 5.45. The van der Waals surface area contributed by atoms with E-state index in [1.54, 1.807) is 12.1 Å². The predicted molar refractivity (Wildman–Crippen MR) is 97.0 cm³/mol. The highest BCUT2D eigenvalue weighted by Gasteiger charge is 2.15. The van der Waals surface area contributed by atoms with Crippen molar-refractivity contribution in [3.05, 3.63) is 47.8 Å². The summed E-state index contributed by atoms with van der Waals surface area (Å²) in [5.74, 6) is -2.01. The van der Waals surface area contributed by atoms with E-state index in [-0.39, 0.29) is 22.8 Å². The van der Waals surface area contributed by atoms with Crippen molar-refractivity contribution in [1.82, 2.24) is 0 Å². The first-order chi connectivity index (χ1) is 12.8. The molecule has 0 atom stereocenters. The Morgan fingerprint density at radius 3 is 2.48 bits per heavy atom. The number of nitrogens with two attached hydrogens (primary N) is 1. The lowest BCUT2D eigenvalue weighted by Gasteiger charge is -2.13. The Kier molecular flexibility index (Phi) is 6.32. The average molecular weight is 375 g/mol. The maximum Gasteiger partial charge on any atom is 0.340 e. The zero-order valence-electron chi connectivity index (χ0n) is 14.7. The molecule has 0 aromatic heterocycles. The lowest BCUT2D eigenvalue weighted by molar-refractivity contribution is -0.119. The summed E-state index contributed by atoms with van der Waals surface area (Å²) in [6, 6.07) is 7.88. The van der Waals surface area contributed by atoms with Crippen LogP contribution in [0.3, 0.4) is 0 Å². The van der Waals surface area contributed by atoms with Crippen LogP contribution in [-0.2, 0) is 14.3 Å². The Morgan fingerprint density at radius 1 is 1.11 bits per heavy atom. The van der Waals surface area contributed by atoms with Gasteiger partial charge in [-0.2, -0.15) is 0 Å². The number of hydrogen-bond acceptors (Lipinski definition) is 6. The van der Waals surface area contributed by atoms with E-state index in [4.69, 9.17) is 15.2 Å². The van der Waals surface area contributed by atoms with Gasteiger partial charge in [0.1, 0.15) is 11.6 Å². The molecule has 0 unspecified atom stereocenters. The second-order valence-electron chi connectivity index (χ2n) is 5.45. The highest BCUT2D eigenvalue weighted by molar-refractivity contribution is 5.99. The summed E-state index contributed by atoms with van der Waals surface area (Å²) in [7, 11) is 1.42. The van der Waals surface area contributed by atoms with Gasteiger partial charge in [-0.05, 0) is 36.4 Å². The van der Waals surface area contributed by atoms with Crippen LogP contribution in [-0.4, -0.2) is 31.5 Å². The minimum atomic E-state index is -0.860. The number of nitrogens with one attached hydrogen (secondary N) is 2. The highest BCUT2D eigenvalue weighted by Crippen LogP contribution is 2.27. The van der Waals surface area contributed by atoms with E-state index in [2.05, 4.69) is 10.6 Å². The van der Waals surface area contributed by atoms with Gasteiger partial charge in [-0.1, -0.05) is 0 Å². The lowest BCUT2D eigenvalue weighted by atomic mass is 10.2. The summed E-state index contributed by atoms with van der Waals surface area (Å²) in [5, 5.41) is 5.10. The molecule has 0 saturated heterocycles. The summed E-state index contributed by atoms with van der Waals surface area (Å²) < 4.78 is 23.0. The first-order valence-electron chi connectivity index (χ1n) is 7.77. The largest absolute Gasteiger partial charge is 0.495 e. The van der Waals surface area contributed by atoms with Crippen molar-refractivity contribution < 1.29 is 28.2 Å². The van der Waals surface area contributed by atoms with Crippen LogP contribution >= 0.6 is 0 Å². The molecule has 0 radical (unpaired) electrons. The molecule has 9 heteroatoms. The summed E-state index contributed by atoms with van der Waals surface area (Å²) in [6.45, 7) is 0.756. The number of nitrogen functional groups attached to an aromatic ring is 1. The first kappa shape index (κ1) is 19.7. The molecule has 0 saturated carbocycles. The van der Waals surface area contributed by atoms with Crippen molar-refractivity contribution in [2.45, 2.75) is 6.92 Å². The highest BCUT2D eigenvalue weighted by atomic mass is 19.1. The standard InChI is InChI=1S/C18H18FN3O5/c1-10(23)21-12-4-6-16(26-2)15(8-12)22-17(24)9-27-18(25)13-5-3-11(19)7-14(13)20/h3-8H,9,20H2,1-2H3,(H,21,23)(H,22,24). The van der Waals surface area contributed by atoms with Gasteiger partial charge in [0.2, 0.25) is 5.91 Å². The number of ether oxygens (including phenoxy) is 2. The van der Waals surface area contributed by atoms with Crippen LogP contribution in [0.25, 0.3) is 0 Å². The summed E-state index contributed by atoms with van der Waals surface area (Å²) in [6.07, 6.45) is 0. The predicted octanol–water partition coefficient (Wildman–Crippen LogP) is 2.17. The van der Waals surface area contributed by atoms with E-state index in [9.17, 15) is 18.8 Å². The maximum absolute atomic E-state index is 13.0. The van der Waals surface area contributed by atoms with Crippen LogP contribution in [0.5, 0.6) is 5.75 Å². The van der Waals surface area contributed by atoms with Gasteiger partial charge in [0.25, 0.3) is 5.91 Å². The Labute approximate surface area is 154 Å². The lowest BCUT2D eigenvalue weighted by Crippen LogP contribution is -2.21. The number of halogens is 1. The first-order valence-corrected chi connectivity index (χ1v) is 7.77. The fraction of sp³-hybridized carbons (Fsp3) is 0.167. The van der Waals surface area contributed by atoms with E-state index in [1.807, 2.05) is 0 Å². The molecule has 0 bridgehead atoms. The zero-order valence-corrected chi connectivity index (χ0v) is 14.7. The van der Waals surface area contributed by atoms with Gasteiger partial charge in [-0.15, -0.1) is 0 Å². The molecule has 27 heavy (non-hydrogen) atoms. The number of methoxy groups -OCH3 is 1. The van der Waals surface area contributed by atoms with Gasteiger partial charge in [0.05, 0.1) is 18.4 Å². The second kappa shape index (κ2) is 8.65. The van der Waals surface area contributed by atoms with Crippen LogP contribution in [0, 0.1) is 5.82 Å². The monoisotopic (exact) mass is 375 g/mol. The SMILES string of the molecule is COc1ccc(NC(C)=O)cc1NC(=O)COC(=O)c1ccc(F)cc1N. The number of carbonyl (C=O) groups excluding carboxylic acids is 3. The van der Waals surface area contributed by atoms with Gasteiger partial charge >= 0.3 is 5.97 Å². The molecule has 2 rings (SSSR count). The van der Waals surface area contributed by atoms with Gasteiger partial charge < -0.3 is 25.8 Å². The van der Waals surface area contributed by atoms with Gasteiger partial charge in [-0.3, -0.25) is 9.59 Å². The van der Waals surface area contributed by atoms with Crippen molar-refractivity contribution in [3.63, 3.8) is 0 Å². The molecule has 4 N–H and O–H groups in total. The minimum absolute atomic E-state index is 0.0468. The smallest absolute Gasteiger partial charge is 0.340 e. The molecule has 2 aromatic carbocycles. The third-order valence-electron chi connectivity index (χ3n) is 3.36. The van der Waals surface area contributed by atoms with Crippen LogP contribution < -0.4 is 21.1 Å². The van der Waals surface area contributed by atoms with Crippen molar-refractivity contribution in [3.8, 4) is 5.75 Å². The van der Waals surface area contributed by atoms with Crippen LogP contribution in [0.15, 0.2) is 36.4 Å². The van der Waals surface area contributed by atoms with E-state index in [0.717, 1.165) is 12.1 Å². The van der Waals surface area contributed by atoms with Crippen molar-refractivity contribution in [1.29, 1.82) is 0 Å². The number of hydrogen-bond donors (Lipinski definition) is 3. The Hall–Kier alpha value is -3.62. The fourth-order valence-electron chi connectivity index (χ4n) is 2.20. The third kappa shape index (κ3) is 5.43. The fourth-order valence-corrected chi connectivity index (χ4v) is 2.20. The molecule has 142 valence electrons. The molecule has 0 aliphatic carbocycles. The van der Waals surface area contributed by atoms with Crippen molar-refractivity contribution in [2.24, 2.45) is 0 Å². The zero-order chi connectivity index (χ0) is 20.0. The van der Waals surface area contributed by atoms with Crippen molar-refractivity contribution >= 4 is 34.8 Å². The number of anilines is 3. The molecule has 0 aliphatic heterocycles. The minimum Gasteiger partial charge on any atom is -0.495 e. The van der Waals surface area contributed by atoms with E-state index in [0.29, 0.717) is 11.4 Å². The van der Waals surface area contributed by atoms with Crippen LogP contribution in [0.4, 0.5) is 21.5 Å². The number of benzene rings is 2. The Morgan fingerprint density at radius 2 is 1.85 bits per heavy atom. The average Bonchev–Trinajstić information content (AvgIpc) is 2.59. The van der Waals surface area contributed by atoms with Gasteiger partial charge in [-0.25, -0.2) is 9.18 Å². The van der Waals surface area contributed by atoms with E-state index in [1.165, 1.54) is 26.2 Å². The topological polar surface area (TPSA) is 120 Å². The molecule has 0 spiro atoms. The molecular weight excluding hydrogens is 357 g/mol. The number of carbonyl (C=O) groups is 3. The number of amides is 2. The van der Waals surface area contributed by atoms with Crippen LogP contribution in [0.2, 0.25) is 0 Å². The summed E-state index contributed by atoms with van der Waals surface area (Å²) >= 11 is 0. The van der Waals surface area contributed by atoms with Crippen LogP contribution in [0.1, 0.15) is 17.3 Å². The number of esters is 1. The normalized spacial score (nSPS) is 10.0. The van der Waals surface area contributed by atoms with Crippen molar-refractivity contribution in [2.75, 3.05) is 30.1 Å². The molecule has 2 amide bonds. The molecule has 0 aliphatic rings. The molecule has 2 aromatic rings. The van der Waals surface area contributed by atoms with E-state index < -0.39 is 24.3 Å². The van der Waals surface area contributed by atoms with E-state index >= 15 is 0 Å². The summed E-state index contributed by atoms with van der Waals surface area (Å²) in [4.78, 5) is 35.2.